The zero-order valence-electron chi connectivity index (χ0n) is 18.4. The summed E-state index contributed by atoms with van der Waals surface area (Å²) in [4.78, 5) is 30.8. The van der Waals surface area contributed by atoms with Crippen molar-refractivity contribution in [2.24, 2.45) is 0 Å². The smallest absolute Gasteiger partial charge is 0.293 e. The number of aryl methyl sites for hydroxylation is 1. The maximum atomic E-state index is 13.2. The van der Waals surface area contributed by atoms with Crippen molar-refractivity contribution in [1.82, 2.24) is 29.6 Å². The number of hydrogen-bond acceptors (Lipinski definition) is 7. The lowest BCUT2D eigenvalue weighted by molar-refractivity contribution is 0.0734. The fourth-order valence-electron chi connectivity index (χ4n) is 3.92. The van der Waals surface area contributed by atoms with Crippen LogP contribution in [0.1, 0.15) is 47.8 Å². The third-order valence-electron chi connectivity index (χ3n) is 5.73. The van der Waals surface area contributed by atoms with E-state index in [1.54, 1.807) is 0 Å². The van der Waals surface area contributed by atoms with Crippen LogP contribution >= 0.6 is 0 Å². The van der Waals surface area contributed by atoms with Gasteiger partial charge in [0.15, 0.2) is 0 Å². The lowest BCUT2D eigenvalue weighted by Crippen LogP contribution is -2.49. The molecule has 2 aliphatic rings. The van der Waals surface area contributed by atoms with Crippen molar-refractivity contribution in [3.8, 4) is 11.6 Å². The Balaban J connectivity index is 1.30. The van der Waals surface area contributed by atoms with Gasteiger partial charge in [0.05, 0.1) is 12.3 Å². The van der Waals surface area contributed by atoms with Crippen LogP contribution in [0.3, 0.4) is 0 Å². The molecule has 3 heterocycles. The molecule has 2 aromatic heterocycles. The molecule has 0 radical (unpaired) electrons. The number of ether oxygens (including phenoxy) is 1. The Morgan fingerprint density at radius 2 is 1.81 bits per heavy atom. The molecular formula is C23H27N7O2. The molecule has 0 unspecified atom stereocenters. The van der Waals surface area contributed by atoms with E-state index < -0.39 is 0 Å². The van der Waals surface area contributed by atoms with E-state index in [0.29, 0.717) is 50.5 Å². The highest BCUT2D eigenvalue weighted by atomic mass is 16.5. The Hall–Kier alpha value is -3.49. The Morgan fingerprint density at radius 1 is 1.06 bits per heavy atom. The first-order valence-electron chi connectivity index (χ1n) is 11.2. The molecule has 166 valence electrons. The van der Waals surface area contributed by atoms with Gasteiger partial charge < -0.3 is 14.5 Å². The summed E-state index contributed by atoms with van der Waals surface area (Å²) in [5.74, 6) is 2.64. The lowest BCUT2D eigenvalue weighted by Gasteiger charge is -2.34. The van der Waals surface area contributed by atoms with Crippen LogP contribution in [0, 0.1) is 6.92 Å². The molecule has 0 bridgehead atoms. The Bertz CT molecular complexity index is 1100. The van der Waals surface area contributed by atoms with E-state index in [0.717, 1.165) is 30.0 Å². The van der Waals surface area contributed by atoms with Crippen molar-refractivity contribution in [2.75, 3.05) is 37.7 Å². The molecule has 1 aromatic carbocycles. The molecule has 5 rings (SSSR count). The molecular weight excluding hydrogens is 406 g/mol. The average Bonchev–Trinajstić information content (AvgIpc) is 3.57. The predicted octanol–water partition coefficient (Wildman–Crippen LogP) is 2.60. The molecule has 2 fully saturated rings. The summed E-state index contributed by atoms with van der Waals surface area (Å²) in [5.41, 5.74) is 1.80. The van der Waals surface area contributed by atoms with Crippen molar-refractivity contribution in [1.29, 1.82) is 0 Å². The van der Waals surface area contributed by atoms with Crippen LogP contribution in [0.15, 0.2) is 36.4 Å². The molecule has 9 heteroatoms. The third-order valence-corrected chi connectivity index (χ3v) is 5.73. The minimum absolute atomic E-state index is 0.124. The zero-order chi connectivity index (χ0) is 22.1. The van der Waals surface area contributed by atoms with Gasteiger partial charge in [-0.15, -0.1) is 5.10 Å². The number of para-hydroxylation sites is 1. The van der Waals surface area contributed by atoms with E-state index in [-0.39, 0.29) is 11.7 Å². The van der Waals surface area contributed by atoms with Crippen LogP contribution in [-0.2, 0) is 0 Å². The van der Waals surface area contributed by atoms with Crippen LogP contribution in [0.25, 0.3) is 5.69 Å². The highest BCUT2D eigenvalue weighted by Gasteiger charge is 2.33. The van der Waals surface area contributed by atoms with Gasteiger partial charge in [0.2, 0.25) is 17.7 Å². The fourth-order valence-corrected chi connectivity index (χ4v) is 3.92. The van der Waals surface area contributed by atoms with Gasteiger partial charge in [-0.1, -0.05) is 18.2 Å². The zero-order valence-corrected chi connectivity index (χ0v) is 18.4. The van der Waals surface area contributed by atoms with Gasteiger partial charge in [0.1, 0.15) is 5.82 Å². The van der Waals surface area contributed by atoms with E-state index in [1.165, 1.54) is 0 Å². The summed E-state index contributed by atoms with van der Waals surface area (Å²) in [6.45, 7) is 6.86. The first kappa shape index (κ1) is 20.4. The van der Waals surface area contributed by atoms with Gasteiger partial charge in [-0.05, 0) is 38.8 Å². The number of aromatic nitrogens is 5. The number of benzene rings is 1. The number of carbonyl (C=O) groups is 1. The van der Waals surface area contributed by atoms with Gasteiger partial charge in [0, 0.05) is 43.9 Å². The third kappa shape index (κ3) is 4.15. The molecule has 1 saturated heterocycles. The molecule has 0 spiro atoms. The Labute approximate surface area is 187 Å². The SMILES string of the molecule is CCOc1cc(C)nc(N2CCN(C(=O)c3nc(C4CC4)n(-c4ccccc4)n3)CC2)n1. The summed E-state index contributed by atoms with van der Waals surface area (Å²) in [6.07, 6.45) is 2.19. The van der Waals surface area contributed by atoms with Crippen molar-refractivity contribution in [3.05, 3.63) is 53.7 Å². The molecule has 1 aliphatic carbocycles. The minimum Gasteiger partial charge on any atom is -0.478 e. The lowest BCUT2D eigenvalue weighted by atomic mass is 10.3. The van der Waals surface area contributed by atoms with E-state index >= 15 is 0 Å². The summed E-state index contributed by atoms with van der Waals surface area (Å²) < 4.78 is 7.38. The van der Waals surface area contributed by atoms with Crippen molar-refractivity contribution >= 4 is 11.9 Å². The molecule has 1 amide bonds. The normalized spacial score (nSPS) is 16.3. The second kappa shape index (κ2) is 8.57. The number of piperazine rings is 1. The molecule has 1 aliphatic heterocycles. The summed E-state index contributed by atoms with van der Waals surface area (Å²) in [7, 11) is 0. The van der Waals surface area contributed by atoms with E-state index in [4.69, 9.17) is 4.74 Å². The Morgan fingerprint density at radius 3 is 2.50 bits per heavy atom. The Kier molecular flexibility index (Phi) is 5.46. The van der Waals surface area contributed by atoms with Crippen molar-refractivity contribution < 1.29 is 9.53 Å². The van der Waals surface area contributed by atoms with E-state index in [2.05, 4.69) is 25.0 Å². The average molecular weight is 434 g/mol. The van der Waals surface area contributed by atoms with Crippen LogP contribution in [0.2, 0.25) is 0 Å². The summed E-state index contributed by atoms with van der Waals surface area (Å²) in [5, 5.41) is 4.60. The fraction of sp³-hybridized carbons (Fsp3) is 0.435. The summed E-state index contributed by atoms with van der Waals surface area (Å²) in [6, 6.07) is 11.7. The number of rotatable bonds is 6. The van der Waals surface area contributed by atoms with Gasteiger partial charge >= 0.3 is 0 Å². The second-order valence-electron chi connectivity index (χ2n) is 8.18. The first-order valence-corrected chi connectivity index (χ1v) is 11.2. The maximum Gasteiger partial charge on any atom is 0.293 e. The molecule has 9 nitrogen and oxygen atoms in total. The first-order chi connectivity index (χ1) is 15.6. The standard InChI is InChI=1S/C23H27N7O2/c1-3-32-19-15-16(2)24-23(25-19)29-13-11-28(12-14-29)22(31)20-26-21(17-9-10-17)30(27-20)18-7-5-4-6-8-18/h4-8,15,17H,3,9-14H2,1-2H3. The number of hydrogen-bond donors (Lipinski definition) is 0. The predicted molar refractivity (Wildman–Crippen MR) is 119 cm³/mol. The molecule has 0 atom stereocenters. The molecule has 32 heavy (non-hydrogen) atoms. The van der Waals surface area contributed by atoms with Crippen LogP contribution < -0.4 is 9.64 Å². The second-order valence-corrected chi connectivity index (χ2v) is 8.18. The van der Waals surface area contributed by atoms with Crippen LogP contribution in [-0.4, -0.2) is 68.3 Å². The number of amides is 1. The monoisotopic (exact) mass is 433 g/mol. The molecule has 1 saturated carbocycles. The van der Waals surface area contributed by atoms with E-state index in [1.807, 2.05) is 59.8 Å². The topological polar surface area (TPSA) is 89.3 Å². The van der Waals surface area contributed by atoms with E-state index in [9.17, 15) is 4.79 Å². The van der Waals surface area contributed by atoms with Crippen LogP contribution in [0.4, 0.5) is 5.95 Å². The quantitative estimate of drug-likeness (QED) is 0.590. The largest absolute Gasteiger partial charge is 0.478 e. The van der Waals surface area contributed by atoms with Gasteiger partial charge in [-0.3, -0.25) is 4.79 Å². The van der Waals surface area contributed by atoms with Crippen molar-refractivity contribution in [2.45, 2.75) is 32.6 Å². The summed E-state index contributed by atoms with van der Waals surface area (Å²) >= 11 is 0. The molecule has 3 aromatic rings. The number of nitrogens with zero attached hydrogens (tertiary/aromatic N) is 7. The van der Waals surface area contributed by atoms with Gasteiger partial charge in [0.25, 0.3) is 5.91 Å². The highest BCUT2D eigenvalue weighted by molar-refractivity contribution is 5.90. The molecule has 0 N–H and O–H groups in total. The number of anilines is 1. The van der Waals surface area contributed by atoms with Gasteiger partial charge in [-0.2, -0.15) is 4.98 Å². The number of carbonyl (C=O) groups excluding carboxylic acids is 1. The van der Waals surface area contributed by atoms with Gasteiger partial charge in [-0.25, -0.2) is 14.6 Å². The minimum atomic E-state index is -0.124. The van der Waals surface area contributed by atoms with Crippen molar-refractivity contribution in [3.63, 3.8) is 0 Å². The van der Waals surface area contributed by atoms with Crippen LogP contribution in [0.5, 0.6) is 5.88 Å². The highest BCUT2D eigenvalue weighted by Crippen LogP contribution is 2.39. The maximum absolute atomic E-state index is 13.2.